The van der Waals surface area contributed by atoms with Gasteiger partial charge in [0.1, 0.15) is 6.10 Å². The number of thiazole rings is 1. The van der Waals surface area contributed by atoms with Gasteiger partial charge in [0, 0.05) is 17.6 Å². The molecule has 5 heteroatoms. The summed E-state index contributed by atoms with van der Waals surface area (Å²) in [6, 6.07) is 6.30. The molecule has 1 N–H and O–H groups in total. The Hall–Kier alpha value is -1.72. The van der Waals surface area contributed by atoms with Crippen molar-refractivity contribution < 1.29 is 9.53 Å². The minimum absolute atomic E-state index is 0.0886. The molecule has 3 rings (SSSR count). The molecule has 110 valence electrons. The average molecular weight is 302 g/mol. The van der Waals surface area contributed by atoms with Crippen LogP contribution in [0.1, 0.15) is 24.0 Å². The van der Waals surface area contributed by atoms with Crippen LogP contribution in [0.5, 0.6) is 0 Å². The van der Waals surface area contributed by atoms with Crippen molar-refractivity contribution in [1.29, 1.82) is 0 Å². The maximum Gasteiger partial charge on any atom is 0.255 e. The fourth-order valence-electron chi connectivity index (χ4n) is 2.44. The molecule has 2 heterocycles. The Balaban J connectivity index is 1.77. The lowest BCUT2D eigenvalue weighted by molar-refractivity contribution is -0.124. The van der Waals surface area contributed by atoms with Crippen molar-refractivity contribution in [1.82, 2.24) is 4.98 Å². The second kappa shape index (κ2) is 5.95. The summed E-state index contributed by atoms with van der Waals surface area (Å²) in [6.45, 7) is 4.80. The quantitative estimate of drug-likeness (QED) is 0.943. The molecule has 0 saturated carbocycles. The third-order valence-electron chi connectivity index (χ3n) is 3.63. The van der Waals surface area contributed by atoms with Crippen LogP contribution < -0.4 is 5.32 Å². The lowest BCUT2D eigenvalue weighted by atomic mass is 10.0. The van der Waals surface area contributed by atoms with Gasteiger partial charge in [0.15, 0.2) is 5.13 Å². The van der Waals surface area contributed by atoms with Crippen LogP contribution in [0.4, 0.5) is 5.13 Å². The maximum absolute atomic E-state index is 12.0. The number of hydrogen-bond donors (Lipinski definition) is 1. The number of benzene rings is 1. The monoisotopic (exact) mass is 302 g/mol. The number of nitrogens with one attached hydrogen (secondary N) is 1. The standard InChI is InChI=1S/C16H18N2O2S/c1-10-5-6-11(2)12(8-10)13-9-21-16(17-13)18-15(19)14-4-3-7-20-14/h5-6,8-9,14H,3-4,7H2,1-2H3,(H,17,18,19)/t14-/m0/s1. The summed E-state index contributed by atoms with van der Waals surface area (Å²) in [7, 11) is 0. The Kier molecular flexibility index (Phi) is 4.03. The molecule has 1 aliphatic rings. The van der Waals surface area contributed by atoms with E-state index >= 15 is 0 Å². The zero-order valence-electron chi connectivity index (χ0n) is 12.2. The highest BCUT2D eigenvalue weighted by Gasteiger charge is 2.24. The molecule has 1 fully saturated rings. The number of aromatic nitrogens is 1. The number of carbonyl (C=O) groups is 1. The third kappa shape index (κ3) is 3.14. The third-order valence-corrected chi connectivity index (χ3v) is 4.38. The zero-order valence-corrected chi connectivity index (χ0v) is 13.0. The van der Waals surface area contributed by atoms with Crippen LogP contribution in [-0.2, 0) is 9.53 Å². The fraction of sp³-hybridized carbons (Fsp3) is 0.375. The molecule has 1 atom stereocenters. The van der Waals surface area contributed by atoms with Crippen molar-refractivity contribution in [3.05, 3.63) is 34.7 Å². The second-order valence-electron chi connectivity index (χ2n) is 5.35. The lowest BCUT2D eigenvalue weighted by Crippen LogP contribution is -2.26. The summed E-state index contributed by atoms with van der Waals surface area (Å²) in [4.78, 5) is 16.5. The summed E-state index contributed by atoms with van der Waals surface area (Å²) in [6.07, 6.45) is 1.42. The van der Waals surface area contributed by atoms with E-state index in [1.807, 2.05) is 5.38 Å². The zero-order chi connectivity index (χ0) is 14.8. The second-order valence-corrected chi connectivity index (χ2v) is 6.21. The number of nitrogens with zero attached hydrogens (tertiary/aromatic N) is 1. The Morgan fingerprint density at radius 1 is 1.43 bits per heavy atom. The van der Waals surface area contributed by atoms with Crippen molar-refractivity contribution in [2.45, 2.75) is 32.8 Å². The first kappa shape index (κ1) is 14.2. The SMILES string of the molecule is Cc1ccc(C)c(-c2csc(NC(=O)[C@@H]3CCCO3)n2)c1. The molecule has 0 unspecified atom stereocenters. The van der Waals surface area contributed by atoms with Gasteiger partial charge in [0.25, 0.3) is 5.91 Å². The van der Waals surface area contributed by atoms with E-state index in [0.717, 1.165) is 24.1 Å². The van der Waals surface area contributed by atoms with E-state index in [-0.39, 0.29) is 12.0 Å². The van der Waals surface area contributed by atoms with Crippen molar-refractivity contribution in [2.75, 3.05) is 11.9 Å². The van der Waals surface area contributed by atoms with E-state index in [2.05, 4.69) is 42.3 Å². The summed E-state index contributed by atoms with van der Waals surface area (Å²) in [5.74, 6) is -0.0886. The topological polar surface area (TPSA) is 51.2 Å². The van der Waals surface area contributed by atoms with Crippen LogP contribution in [-0.4, -0.2) is 23.6 Å². The minimum Gasteiger partial charge on any atom is -0.368 e. The van der Waals surface area contributed by atoms with E-state index in [4.69, 9.17) is 4.74 Å². The van der Waals surface area contributed by atoms with Crippen LogP contribution in [0.3, 0.4) is 0 Å². The molecule has 0 bridgehead atoms. The number of aryl methyl sites for hydroxylation is 2. The van der Waals surface area contributed by atoms with E-state index in [1.54, 1.807) is 0 Å². The van der Waals surface area contributed by atoms with E-state index in [0.29, 0.717) is 11.7 Å². The van der Waals surface area contributed by atoms with Gasteiger partial charge in [-0.2, -0.15) is 0 Å². The van der Waals surface area contributed by atoms with Crippen molar-refractivity contribution in [3.63, 3.8) is 0 Å². The van der Waals surface area contributed by atoms with Gasteiger partial charge in [-0.15, -0.1) is 11.3 Å². The Morgan fingerprint density at radius 3 is 3.05 bits per heavy atom. The predicted molar refractivity (Wildman–Crippen MR) is 84.6 cm³/mol. The molecule has 1 aromatic carbocycles. The van der Waals surface area contributed by atoms with E-state index < -0.39 is 0 Å². The Morgan fingerprint density at radius 2 is 2.29 bits per heavy atom. The summed E-state index contributed by atoms with van der Waals surface area (Å²) in [5, 5.41) is 5.46. The summed E-state index contributed by atoms with van der Waals surface area (Å²) >= 11 is 1.45. The molecule has 2 aromatic rings. The number of carbonyl (C=O) groups excluding carboxylic acids is 1. The number of anilines is 1. The first-order chi connectivity index (χ1) is 10.1. The number of rotatable bonds is 3. The summed E-state index contributed by atoms with van der Waals surface area (Å²) in [5.41, 5.74) is 4.41. The van der Waals surface area contributed by atoms with Crippen LogP contribution in [0.15, 0.2) is 23.6 Å². The molecular weight excluding hydrogens is 284 g/mol. The van der Waals surface area contributed by atoms with Crippen molar-refractivity contribution in [2.24, 2.45) is 0 Å². The van der Waals surface area contributed by atoms with Gasteiger partial charge in [0.2, 0.25) is 0 Å². The smallest absolute Gasteiger partial charge is 0.255 e. The molecule has 1 aliphatic heterocycles. The van der Waals surface area contributed by atoms with Gasteiger partial charge in [-0.3, -0.25) is 10.1 Å². The van der Waals surface area contributed by atoms with Gasteiger partial charge in [-0.05, 0) is 38.3 Å². The first-order valence-corrected chi connectivity index (χ1v) is 7.97. The molecule has 1 aromatic heterocycles. The first-order valence-electron chi connectivity index (χ1n) is 7.09. The molecule has 21 heavy (non-hydrogen) atoms. The minimum atomic E-state index is -0.321. The van der Waals surface area contributed by atoms with Crippen LogP contribution in [0.25, 0.3) is 11.3 Å². The van der Waals surface area contributed by atoms with Gasteiger partial charge < -0.3 is 4.74 Å². The average Bonchev–Trinajstić information content (AvgIpc) is 3.12. The van der Waals surface area contributed by atoms with E-state index in [1.165, 1.54) is 22.5 Å². The molecule has 1 saturated heterocycles. The van der Waals surface area contributed by atoms with Crippen molar-refractivity contribution in [3.8, 4) is 11.3 Å². The van der Waals surface area contributed by atoms with Gasteiger partial charge >= 0.3 is 0 Å². The number of amides is 1. The highest BCUT2D eigenvalue weighted by atomic mass is 32.1. The lowest BCUT2D eigenvalue weighted by Gasteiger charge is -2.07. The largest absolute Gasteiger partial charge is 0.368 e. The Bertz CT molecular complexity index is 660. The molecular formula is C16H18N2O2S. The molecule has 0 aliphatic carbocycles. The molecule has 0 spiro atoms. The fourth-order valence-corrected chi connectivity index (χ4v) is 3.15. The normalized spacial score (nSPS) is 17.9. The van der Waals surface area contributed by atoms with Crippen LogP contribution in [0, 0.1) is 13.8 Å². The van der Waals surface area contributed by atoms with Gasteiger partial charge in [0.05, 0.1) is 5.69 Å². The molecule has 4 nitrogen and oxygen atoms in total. The van der Waals surface area contributed by atoms with Gasteiger partial charge in [-0.25, -0.2) is 4.98 Å². The predicted octanol–water partition coefficient (Wildman–Crippen LogP) is 3.54. The van der Waals surface area contributed by atoms with E-state index in [9.17, 15) is 4.79 Å². The highest BCUT2D eigenvalue weighted by molar-refractivity contribution is 7.14. The Labute approximate surface area is 128 Å². The molecule has 0 radical (unpaired) electrons. The highest BCUT2D eigenvalue weighted by Crippen LogP contribution is 2.28. The van der Waals surface area contributed by atoms with Crippen LogP contribution >= 0.6 is 11.3 Å². The molecule has 1 amide bonds. The maximum atomic E-state index is 12.0. The number of ether oxygens (including phenoxy) is 1. The van der Waals surface area contributed by atoms with Crippen LogP contribution in [0.2, 0.25) is 0 Å². The number of hydrogen-bond acceptors (Lipinski definition) is 4. The van der Waals surface area contributed by atoms with Gasteiger partial charge in [-0.1, -0.05) is 17.7 Å². The summed E-state index contributed by atoms with van der Waals surface area (Å²) < 4.78 is 5.38. The van der Waals surface area contributed by atoms with Crippen molar-refractivity contribution >= 4 is 22.4 Å².